The van der Waals surface area contributed by atoms with Crippen LogP contribution in [0, 0.1) is 11.8 Å². The maximum atomic E-state index is 13.3. The minimum absolute atomic E-state index is 0.121. The molecule has 4 rings (SSSR count). The van der Waals surface area contributed by atoms with E-state index >= 15 is 0 Å². The molecule has 0 saturated carbocycles. The normalized spacial score (nSPS) is 24.5. The van der Waals surface area contributed by atoms with E-state index in [1.807, 2.05) is 30.3 Å². The first kappa shape index (κ1) is 17.1. The van der Waals surface area contributed by atoms with Gasteiger partial charge in [-0.05, 0) is 42.2 Å². The Hall–Kier alpha value is -2.33. The molecule has 26 heavy (non-hydrogen) atoms. The Morgan fingerprint density at radius 3 is 2.62 bits per heavy atom. The number of fused-ring (bicyclic) bond motifs is 1. The van der Waals surface area contributed by atoms with E-state index in [4.69, 9.17) is 4.74 Å². The maximum absolute atomic E-state index is 13.3. The number of likely N-dealkylation sites (tertiary alicyclic amines) is 1. The van der Waals surface area contributed by atoms with Crippen LogP contribution in [0.5, 0.6) is 5.75 Å². The smallest absolute Gasteiger partial charge is 0.254 e. The Balaban J connectivity index is 1.57. The molecule has 0 unspecified atom stereocenters. The number of nitrogens with zero attached hydrogens (tertiary/aromatic N) is 1. The summed E-state index contributed by atoms with van der Waals surface area (Å²) in [6.45, 7) is 5.59. The number of hydrogen-bond donors (Lipinski definition) is 1. The number of nitrogens with one attached hydrogen (secondary N) is 1. The molecule has 2 fully saturated rings. The predicted octanol–water partition coefficient (Wildman–Crippen LogP) is 3.51. The molecule has 2 saturated heterocycles. The zero-order chi connectivity index (χ0) is 17.9. The lowest BCUT2D eigenvalue weighted by atomic mass is 9.89. The molecule has 2 aromatic rings. The van der Waals surface area contributed by atoms with Gasteiger partial charge in [0.1, 0.15) is 5.75 Å². The first-order chi connectivity index (χ1) is 12.8. The van der Waals surface area contributed by atoms with E-state index < -0.39 is 0 Å². The van der Waals surface area contributed by atoms with Crippen LogP contribution in [0.25, 0.3) is 0 Å². The molecule has 4 nitrogen and oxygen atoms in total. The number of hydrogen-bond acceptors (Lipinski definition) is 3. The molecule has 1 amide bonds. The van der Waals surface area contributed by atoms with Crippen LogP contribution in [0.4, 0.5) is 0 Å². The van der Waals surface area contributed by atoms with Crippen molar-refractivity contribution >= 4 is 5.91 Å². The molecule has 3 atom stereocenters. The third-order valence-corrected chi connectivity index (χ3v) is 5.54. The third-order valence-electron chi connectivity index (χ3n) is 5.54. The van der Waals surface area contributed by atoms with Crippen molar-refractivity contribution in [1.82, 2.24) is 10.2 Å². The number of amides is 1. The monoisotopic (exact) mass is 350 g/mol. The highest BCUT2D eigenvalue weighted by molar-refractivity contribution is 5.95. The van der Waals surface area contributed by atoms with Crippen LogP contribution in [0.1, 0.15) is 35.3 Å². The molecule has 0 spiro atoms. The molecule has 136 valence electrons. The quantitative estimate of drug-likeness (QED) is 0.897. The van der Waals surface area contributed by atoms with Gasteiger partial charge in [0, 0.05) is 31.1 Å². The fraction of sp³-hybridized carbons (Fsp3) is 0.409. The van der Waals surface area contributed by atoms with Crippen molar-refractivity contribution in [2.75, 3.05) is 26.2 Å². The van der Waals surface area contributed by atoms with Crippen LogP contribution in [-0.2, 0) is 0 Å². The van der Waals surface area contributed by atoms with E-state index in [1.165, 1.54) is 5.56 Å². The number of carbonyl (C=O) groups excluding carboxylic acids is 1. The van der Waals surface area contributed by atoms with Crippen molar-refractivity contribution in [3.8, 4) is 5.75 Å². The summed E-state index contributed by atoms with van der Waals surface area (Å²) >= 11 is 0. The van der Waals surface area contributed by atoms with Gasteiger partial charge in [0.15, 0.2) is 0 Å². The molecule has 0 bridgehead atoms. The minimum atomic E-state index is 0.121. The summed E-state index contributed by atoms with van der Waals surface area (Å²) in [6.07, 6.45) is 0.976. The Labute approximate surface area is 155 Å². The van der Waals surface area contributed by atoms with Crippen molar-refractivity contribution in [2.45, 2.75) is 19.4 Å². The van der Waals surface area contributed by atoms with Gasteiger partial charge in [-0.1, -0.05) is 37.3 Å². The lowest BCUT2D eigenvalue weighted by Gasteiger charge is -2.28. The molecule has 0 aliphatic carbocycles. The number of rotatable bonds is 5. The molecule has 1 N–H and O–H groups in total. The lowest BCUT2D eigenvalue weighted by Crippen LogP contribution is -2.34. The summed E-state index contributed by atoms with van der Waals surface area (Å²) in [4.78, 5) is 15.3. The van der Waals surface area contributed by atoms with Gasteiger partial charge in [-0.2, -0.15) is 0 Å². The second-order valence-electron chi connectivity index (χ2n) is 7.27. The van der Waals surface area contributed by atoms with E-state index in [0.717, 1.165) is 37.4 Å². The number of benzene rings is 2. The van der Waals surface area contributed by atoms with Gasteiger partial charge in [0.2, 0.25) is 0 Å². The van der Waals surface area contributed by atoms with Crippen LogP contribution in [0.2, 0.25) is 0 Å². The van der Waals surface area contributed by atoms with Crippen molar-refractivity contribution in [3.05, 3.63) is 65.7 Å². The molecule has 2 aliphatic heterocycles. The SMILES string of the molecule is CCCOc1ccc(C(=O)N2C[C@@H]3CNC[C@@H]3[C@@H]2c2ccccc2)cc1. The first-order valence-electron chi connectivity index (χ1n) is 9.57. The first-order valence-corrected chi connectivity index (χ1v) is 9.57. The summed E-state index contributed by atoms with van der Waals surface area (Å²) < 4.78 is 5.63. The summed E-state index contributed by atoms with van der Waals surface area (Å²) in [5.74, 6) is 1.98. The molecule has 0 radical (unpaired) electrons. The van der Waals surface area contributed by atoms with Crippen LogP contribution in [-0.4, -0.2) is 37.0 Å². The highest BCUT2D eigenvalue weighted by Gasteiger charge is 2.46. The highest BCUT2D eigenvalue weighted by Crippen LogP contribution is 2.43. The Bertz CT molecular complexity index is 744. The molecule has 2 aromatic carbocycles. The van der Waals surface area contributed by atoms with Crippen LogP contribution < -0.4 is 10.1 Å². The molecule has 0 aromatic heterocycles. The molecular weight excluding hydrogens is 324 g/mol. The molecular formula is C22H26N2O2. The molecule has 2 heterocycles. The van der Waals surface area contributed by atoms with Crippen LogP contribution in [0.3, 0.4) is 0 Å². The second-order valence-corrected chi connectivity index (χ2v) is 7.27. The molecule has 4 heteroatoms. The summed E-state index contributed by atoms with van der Waals surface area (Å²) in [7, 11) is 0. The third kappa shape index (κ3) is 3.21. The second kappa shape index (κ2) is 7.50. The van der Waals surface area contributed by atoms with Crippen molar-refractivity contribution in [3.63, 3.8) is 0 Å². The lowest BCUT2D eigenvalue weighted by molar-refractivity contribution is 0.0714. The van der Waals surface area contributed by atoms with Crippen molar-refractivity contribution < 1.29 is 9.53 Å². The maximum Gasteiger partial charge on any atom is 0.254 e. The van der Waals surface area contributed by atoms with Crippen molar-refractivity contribution in [2.24, 2.45) is 11.8 Å². The number of carbonyl (C=O) groups is 1. The van der Waals surface area contributed by atoms with E-state index in [9.17, 15) is 4.79 Å². The summed E-state index contributed by atoms with van der Waals surface area (Å²) in [6, 6.07) is 18.2. The van der Waals surface area contributed by atoms with Gasteiger partial charge in [-0.15, -0.1) is 0 Å². The van der Waals surface area contributed by atoms with Crippen LogP contribution in [0.15, 0.2) is 54.6 Å². The topological polar surface area (TPSA) is 41.6 Å². The number of ether oxygens (including phenoxy) is 1. The van der Waals surface area contributed by atoms with Gasteiger partial charge in [-0.25, -0.2) is 0 Å². The fourth-order valence-electron chi connectivity index (χ4n) is 4.29. The largest absolute Gasteiger partial charge is 0.494 e. The van der Waals surface area contributed by atoms with Gasteiger partial charge in [0.05, 0.1) is 12.6 Å². The zero-order valence-electron chi connectivity index (χ0n) is 15.2. The van der Waals surface area contributed by atoms with Crippen LogP contribution >= 0.6 is 0 Å². The zero-order valence-corrected chi connectivity index (χ0v) is 15.2. The Morgan fingerprint density at radius 2 is 1.88 bits per heavy atom. The van der Waals surface area contributed by atoms with Gasteiger partial charge in [-0.3, -0.25) is 4.79 Å². The summed E-state index contributed by atoms with van der Waals surface area (Å²) in [5, 5.41) is 3.50. The van der Waals surface area contributed by atoms with Gasteiger partial charge in [0.25, 0.3) is 5.91 Å². The average molecular weight is 350 g/mol. The van der Waals surface area contributed by atoms with Gasteiger partial charge >= 0.3 is 0 Å². The van der Waals surface area contributed by atoms with E-state index in [-0.39, 0.29) is 11.9 Å². The Kier molecular flexibility index (Phi) is 4.93. The van der Waals surface area contributed by atoms with Gasteiger partial charge < -0.3 is 15.0 Å². The average Bonchev–Trinajstić information content (AvgIpc) is 3.28. The summed E-state index contributed by atoms with van der Waals surface area (Å²) in [5.41, 5.74) is 1.97. The van der Waals surface area contributed by atoms with Crippen molar-refractivity contribution in [1.29, 1.82) is 0 Å². The van der Waals surface area contributed by atoms with E-state index in [1.54, 1.807) is 0 Å². The molecule has 2 aliphatic rings. The van der Waals surface area contributed by atoms with E-state index in [2.05, 4.69) is 41.4 Å². The standard InChI is InChI=1S/C22H26N2O2/c1-2-12-26-19-10-8-17(9-11-19)22(25)24-15-18-13-23-14-20(18)21(24)16-6-4-3-5-7-16/h3-11,18,20-21,23H,2,12-15H2,1H3/t18-,20-,21-/m0/s1. The van der Waals surface area contributed by atoms with E-state index in [0.29, 0.717) is 18.4 Å². The fourth-order valence-corrected chi connectivity index (χ4v) is 4.29. The predicted molar refractivity (Wildman–Crippen MR) is 102 cm³/mol. The highest BCUT2D eigenvalue weighted by atomic mass is 16.5. The minimum Gasteiger partial charge on any atom is -0.494 e. The Morgan fingerprint density at radius 1 is 1.12 bits per heavy atom.